The lowest BCUT2D eigenvalue weighted by Crippen LogP contribution is -2.57. The summed E-state index contributed by atoms with van der Waals surface area (Å²) in [5.41, 5.74) is -2.39. The van der Waals surface area contributed by atoms with Gasteiger partial charge in [0.2, 0.25) is 10.0 Å². The van der Waals surface area contributed by atoms with E-state index in [1.165, 1.54) is 32.4 Å². The Bertz CT molecular complexity index is 596. The van der Waals surface area contributed by atoms with Crippen molar-refractivity contribution in [2.24, 2.45) is 0 Å². The number of carbonyl (C=O) groups is 1. The molecule has 0 radical (unpaired) electrons. The molecular weight excluding hydrogens is 302 g/mol. The third-order valence-electron chi connectivity index (χ3n) is 3.21. The van der Waals surface area contributed by atoms with Crippen LogP contribution >= 0.6 is 11.3 Å². The van der Waals surface area contributed by atoms with Gasteiger partial charge in [0.25, 0.3) is 0 Å². The number of thiophene rings is 1. The molecule has 1 aromatic rings. The molecule has 0 amide bonds. The van der Waals surface area contributed by atoms with Crippen LogP contribution in [0.2, 0.25) is 0 Å². The van der Waals surface area contributed by atoms with Gasteiger partial charge in [-0.1, -0.05) is 0 Å². The summed E-state index contributed by atoms with van der Waals surface area (Å²) in [6.45, 7) is 6.14. The molecule has 0 spiro atoms. The van der Waals surface area contributed by atoms with Crippen molar-refractivity contribution in [3.8, 4) is 0 Å². The Labute approximate surface area is 122 Å². The minimum absolute atomic E-state index is 0.00606. The van der Waals surface area contributed by atoms with Gasteiger partial charge in [0.05, 0.1) is 18.2 Å². The molecule has 6 nitrogen and oxygen atoms in total. The van der Waals surface area contributed by atoms with Crippen LogP contribution in [0.5, 0.6) is 0 Å². The second-order valence-corrected chi connectivity index (χ2v) is 7.96. The fourth-order valence-corrected chi connectivity index (χ4v) is 4.14. The standard InChI is InChI=1S/C12H19NO5S2/c1-11(2,12(3,4)15)13-20(16,17)8-6-7-19-9(8)10(14)18-5/h6-7,13,15H,1-5H3. The SMILES string of the molecule is COC(=O)c1sccc1S(=O)(=O)NC(C)(C)C(C)(C)O. The zero-order valence-corrected chi connectivity index (χ0v) is 13.7. The summed E-state index contributed by atoms with van der Waals surface area (Å²) in [7, 11) is -2.76. The zero-order chi connectivity index (χ0) is 15.8. The van der Waals surface area contributed by atoms with Crippen LogP contribution in [-0.4, -0.2) is 37.7 Å². The van der Waals surface area contributed by atoms with Crippen molar-refractivity contribution in [2.45, 2.75) is 43.7 Å². The number of methoxy groups -OCH3 is 1. The number of sulfonamides is 1. The molecule has 1 heterocycles. The smallest absolute Gasteiger partial charge is 0.349 e. The van der Waals surface area contributed by atoms with Gasteiger partial charge in [0.15, 0.2) is 0 Å². The largest absolute Gasteiger partial charge is 0.465 e. The van der Waals surface area contributed by atoms with Gasteiger partial charge < -0.3 is 9.84 Å². The first-order valence-electron chi connectivity index (χ1n) is 5.84. The van der Waals surface area contributed by atoms with Crippen LogP contribution in [0.25, 0.3) is 0 Å². The molecule has 0 saturated heterocycles. The first-order valence-corrected chi connectivity index (χ1v) is 8.21. The van der Waals surface area contributed by atoms with E-state index in [9.17, 15) is 18.3 Å². The molecule has 0 unspecified atom stereocenters. The fourth-order valence-electron chi connectivity index (χ4n) is 1.27. The van der Waals surface area contributed by atoms with Gasteiger partial charge >= 0.3 is 5.97 Å². The lowest BCUT2D eigenvalue weighted by Gasteiger charge is -2.37. The highest BCUT2D eigenvalue weighted by Gasteiger charge is 2.40. The molecule has 0 aliphatic carbocycles. The second-order valence-electron chi connectivity index (χ2n) is 5.40. The van der Waals surface area contributed by atoms with E-state index in [1.54, 1.807) is 13.8 Å². The molecule has 8 heteroatoms. The second kappa shape index (κ2) is 5.44. The van der Waals surface area contributed by atoms with E-state index in [2.05, 4.69) is 9.46 Å². The number of nitrogens with one attached hydrogen (secondary N) is 1. The van der Waals surface area contributed by atoms with Crippen LogP contribution in [0.4, 0.5) is 0 Å². The lowest BCUT2D eigenvalue weighted by atomic mass is 9.87. The fraction of sp³-hybridized carbons (Fsp3) is 0.583. The zero-order valence-electron chi connectivity index (χ0n) is 12.1. The average molecular weight is 321 g/mol. The summed E-state index contributed by atoms with van der Waals surface area (Å²) in [4.78, 5) is 11.4. The number of hydrogen-bond acceptors (Lipinski definition) is 6. The van der Waals surface area contributed by atoms with Gasteiger partial charge in [0, 0.05) is 0 Å². The minimum atomic E-state index is -3.94. The Balaban J connectivity index is 3.20. The lowest BCUT2D eigenvalue weighted by molar-refractivity contribution is 0.00639. The molecule has 1 aromatic heterocycles. The van der Waals surface area contributed by atoms with Crippen molar-refractivity contribution in [2.75, 3.05) is 7.11 Å². The molecule has 20 heavy (non-hydrogen) atoms. The topological polar surface area (TPSA) is 92.7 Å². The third-order valence-corrected chi connectivity index (χ3v) is 5.93. The molecule has 0 saturated carbocycles. The van der Waals surface area contributed by atoms with E-state index in [0.29, 0.717) is 0 Å². The van der Waals surface area contributed by atoms with E-state index in [-0.39, 0.29) is 9.77 Å². The highest BCUT2D eigenvalue weighted by Crippen LogP contribution is 2.27. The third kappa shape index (κ3) is 3.38. The van der Waals surface area contributed by atoms with E-state index in [0.717, 1.165) is 11.3 Å². The Hall–Kier alpha value is -0.960. The summed E-state index contributed by atoms with van der Waals surface area (Å²) in [6, 6.07) is 1.33. The Kier molecular flexibility index (Phi) is 4.65. The summed E-state index contributed by atoms with van der Waals surface area (Å²) < 4.78 is 31.7. The number of aliphatic hydroxyl groups is 1. The molecule has 0 aliphatic heterocycles. The molecule has 0 bridgehead atoms. The number of rotatable bonds is 5. The number of hydrogen-bond donors (Lipinski definition) is 2. The molecule has 0 fully saturated rings. The predicted molar refractivity (Wildman–Crippen MR) is 76.4 cm³/mol. The van der Waals surface area contributed by atoms with E-state index in [4.69, 9.17) is 0 Å². The van der Waals surface area contributed by atoms with Crippen LogP contribution in [0, 0.1) is 0 Å². The van der Waals surface area contributed by atoms with Crippen LogP contribution in [-0.2, 0) is 14.8 Å². The van der Waals surface area contributed by atoms with Crippen molar-refractivity contribution >= 4 is 27.3 Å². The average Bonchev–Trinajstić information content (AvgIpc) is 2.74. The van der Waals surface area contributed by atoms with Gasteiger partial charge in [-0.2, -0.15) is 0 Å². The molecule has 2 N–H and O–H groups in total. The maximum atomic E-state index is 12.4. The molecule has 1 rings (SSSR count). The van der Waals surface area contributed by atoms with Gasteiger partial charge in [-0.3, -0.25) is 0 Å². The predicted octanol–water partition coefficient (Wildman–Crippen LogP) is 1.36. The van der Waals surface area contributed by atoms with Gasteiger partial charge in [0.1, 0.15) is 9.77 Å². The Morgan fingerprint density at radius 2 is 1.90 bits per heavy atom. The normalized spacial score (nSPS) is 13.3. The summed E-state index contributed by atoms with van der Waals surface area (Å²) >= 11 is 0.986. The first kappa shape index (κ1) is 17.1. The van der Waals surface area contributed by atoms with Crippen LogP contribution < -0.4 is 4.72 Å². The monoisotopic (exact) mass is 321 g/mol. The van der Waals surface area contributed by atoms with Crippen molar-refractivity contribution in [3.05, 3.63) is 16.3 Å². The molecule has 114 valence electrons. The van der Waals surface area contributed by atoms with Crippen molar-refractivity contribution in [1.29, 1.82) is 0 Å². The summed E-state index contributed by atoms with van der Waals surface area (Å²) in [5, 5.41) is 11.5. The maximum Gasteiger partial charge on any atom is 0.349 e. The molecule has 0 aliphatic rings. The highest BCUT2D eigenvalue weighted by atomic mass is 32.2. The maximum absolute atomic E-state index is 12.4. The van der Waals surface area contributed by atoms with E-state index >= 15 is 0 Å². The van der Waals surface area contributed by atoms with Gasteiger partial charge in [-0.05, 0) is 39.1 Å². The van der Waals surface area contributed by atoms with Gasteiger partial charge in [-0.15, -0.1) is 11.3 Å². The Morgan fingerprint density at radius 3 is 2.35 bits per heavy atom. The Morgan fingerprint density at radius 1 is 1.35 bits per heavy atom. The molecule has 0 aromatic carbocycles. The van der Waals surface area contributed by atoms with Crippen molar-refractivity contribution < 1.29 is 23.1 Å². The quantitative estimate of drug-likeness (QED) is 0.799. The molecule has 0 atom stereocenters. The van der Waals surface area contributed by atoms with Crippen LogP contribution in [0.1, 0.15) is 37.4 Å². The summed E-state index contributed by atoms with van der Waals surface area (Å²) in [5.74, 6) is -0.707. The highest BCUT2D eigenvalue weighted by molar-refractivity contribution is 7.89. The molecular formula is C12H19NO5S2. The minimum Gasteiger partial charge on any atom is -0.465 e. The number of ether oxygens (including phenoxy) is 1. The van der Waals surface area contributed by atoms with E-state index in [1.807, 2.05) is 0 Å². The van der Waals surface area contributed by atoms with Gasteiger partial charge in [-0.25, -0.2) is 17.9 Å². The number of esters is 1. The van der Waals surface area contributed by atoms with Crippen molar-refractivity contribution in [1.82, 2.24) is 4.72 Å². The first-order chi connectivity index (χ1) is 8.92. The number of carbonyl (C=O) groups excluding carboxylic acids is 1. The summed E-state index contributed by atoms with van der Waals surface area (Å²) in [6.07, 6.45) is 0. The van der Waals surface area contributed by atoms with Crippen LogP contribution in [0.3, 0.4) is 0 Å². The van der Waals surface area contributed by atoms with Crippen molar-refractivity contribution in [3.63, 3.8) is 0 Å². The van der Waals surface area contributed by atoms with E-state index < -0.39 is 27.1 Å². The van der Waals surface area contributed by atoms with Crippen LogP contribution in [0.15, 0.2) is 16.3 Å².